The first-order valence-electron chi connectivity index (χ1n) is 8.76. The molecule has 0 bridgehead atoms. The molecular formula is C20H25N3O2. The van der Waals surface area contributed by atoms with Crippen LogP contribution in [0, 0.1) is 5.92 Å². The van der Waals surface area contributed by atoms with Crippen molar-refractivity contribution in [2.75, 3.05) is 7.11 Å². The smallest absolute Gasteiger partial charge is 0.270 e. The van der Waals surface area contributed by atoms with Gasteiger partial charge in [0.2, 0.25) is 5.88 Å². The van der Waals surface area contributed by atoms with E-state index < -0.39 is 0 Å². The fourth-order valence-electron chi connectivity index (χ4n) is 3.23. The first-order chi connectivity index (χ1) is 12.0. The number of aromatic nitrogens is 3. The van der Waals surface area contributed by atoms with Gasteiger partial charge in [-0.2, -0.15) is 0 Å². The van der Waals surface area contributed by atoms with Gasteiger partial charge in [-0.15, -0.1) is 0 Å². The van der Waals surface area contributed by atoms with Crippen molar-refractivity contribution in [3.63, 3.8) is 0 Å². The van der Waals surface area contributed by atoms with Crippen molar-refractivity contribution < 1.29 is 4.74 Å². The number of benzene rings is 1. The maximum atomic E-state index is 12.4. The molecule has 0 amide bonds. The Balaban J connectivity index is 2.03. The Kier molecular flexibility index (Phi) is 4.93. The molecule has 3 aromatic rings. The minimum Gasteiger partial charge on any atom is -0.480 e. The predicted octanol–water partition coefficient (Wildman–Crippen LogP) is 3.54. The van der Waals surface area contributed by atoms with Crippen LogP contribution in [-0.2, 0) is 19.4 Å². The molecule has 5 nitrogen and oxygen atoms in total. The summed E-state index contributed by atoms with van der Waals surface area (Å²) in [5.41, 5.74) is 3.49. The van der Waals surface area contributed by atoms with E-state index in [1.54, 1.807) is 7.11 Å². The van der Waals surface area contributed by atoms with Gasteiger partial charge in [0, 0.05) is 30.1 Å². The third kappa shape index (κ3) is 3.45. The second-order valence-corrected chi connectivity index (χ2v) is 6.73. The van der Waals surface area contributed by atoms with Crippen LogP contribution in [0.1, 0.15) is 37.7 Å². The van der Waals surface area contributed by atoms with E-state index in [4.69, 9.17) is 4.74 Å². The molecule has 2 heterocycles. The Hall–Kier alpha value is -2.56. The topological polar surface area (TPSA) is 59.9 Å². The van der Waals surface area contributed by atoms with Crippen LogP contribution >= 0.6 is 0 Å². The van der Waals surface area contributed by atoms with Crippen molar-refractivity contribution in [2.45, 2.75) is 40.2 Å². The quantitative estimate of drug-likeness (QED) is 0.747. The Labute approximate surface area is 147 Å². The number of ether oxygens (including phenoxy) is 1. The highest BCUT2D eigenvalue weighted by molar-refractivity contribution is 5.84. The Morgan fingerprint density at radius 3 is 2.72 bits per heavy atom. The summed E-state index contributed by atoms with van der Waals surface area (Å²) in [6.07, 6.45) is 3.37. The highest BCUT2D eigenvalue weighted by Crippen LogP contribution is 2.25. The highest BCUT2D eigenvalue weighted by atomic mass is 16.5. The van der Waals surface area contributed by atoms with E-state index in [0.29, 0.717) is 30.3 Å². The first kappa shape index (κ1) is 17.3. The predicted molar refractivity (Wildman–Crippen MR) is 100 cm³/mol. The molecule has 0 radical (unpaired) electrons. The lowest BCUT2D eigenvalue weighted by Gasteiger charge is -2.10. The monoisotopic (exact) mass is 339 g/mol. The number of aryl methyl sites for hydroxylation is 1. The van der Waals surface area contributed by atoms with Gasteiger partial charge >= 0.3 is 0 Å². The molecule has 0 unspecified atom stereocenters. The number of hydrogen-bond donors (Lipinski definition) is 1. The lowest BCUT2D eigenvalue weighted by atomic mass is 10.1. The number of H-pyrrole nitrogens is 1. The maximum absolute atomic E-state index is 12.4. The molecule has 0 aliphatic carbocycles. The van der Waals surface area contributed by atoms with Crippen molar-refractivity contribution in [1.29, 1.82) is 0 Å². The Morgan fingerprint density at radius 1 is 1.28 bits per heavy atom. The van der Waals surface area contributed by atoms with Gasteiger partial charge in [-0.1, -0.05) is 32.0 Å². The van der Waals surface area contributed by atoms with Gasteiger partial charge in [-0.25, -0.2) is 4.98 Å². The van der Waals surface area contributed by atoms with E-state index in [0.717, 1.165) is 17.8 Å². The second-order valence-electron chi connectivity index (χ2n) is 6.73. The van der Waals surface area contributed by atoms with Crippen LogP contribution in [0.5, 0.6) is 5.88 Å². The van der Waals surface area contributed by atoms with E-state index in [1.165, 1.54) is 10.9 Å². The summed E-state index contributed by atoms with van der Waals surface area (Å²) in [6, 6.07) is 8.31. The van der Waals surface area contributed by atoms with E-state index in [-0.39, 0.29) is 5.56 Å². The fraction of sp³-hybridized carbons (Fsp3) is 0.400. The number of fused-ring (bicyclic) bond motifs is 1. The van der Waals surface area contributed by atoms with Crippen LogP contribution in [0.2, 0.25) is 0 Å². The van der Waals surface area contributed by atoms with Gasteiger partial charge in [-0.05, 0) is 30.9 Å². The zero-order valence-corrected chi connectivity index (χ0v) is 15.3. The zero-order chi connectivity index (χ0) is 18.0. The SMILES string of the molecule is CCn1cc(Cc2[nH]c(=O)c(CC(C)C)nc2OC)c2ccccc21. The van der Waals surface area contributed by atoms with Gasteiger partial charge in [0.1, 0.15) is 5.69 Å². The Bertz CT molecular complexity index is 938. The first-order valence-corrected chi connectivity index (χ1v) is 8.76. The molecule has 1 aromatic carbocycles. The average Bonchev–Trinajstić information content (AvgIpc) is 2.95. The largest absolute Gasteiger partial charge is 0.480 e. The summed E-state index contributed by atoms with van der Waals surface area (Å²) in [4.78, 5) is 19.8. The third-order valence-electron chi connectivity index (χ3n) is 4.40. The maximum Gasteiger partial charge on any atom is 0.270 e. The highest BCUT2D eigenvalue weighted by Gasteiger charge is 2.15. The van der Waals surface area contributed by atoms with E-state index in [9.17, 15) is 4.79 Å². The second kappa shape index (κ2) is 7.13. The van der Waals surface area contributed by atoms with Gasteiger partial charge in [-0.3, -0.25) is 4.79 Å². The lowest BCUT2D eigenvalue weighted by molar-refractivity contribution is 0.386. The van der Waals surface area contributed by atoms with Crippen LogP contribution in [0.3, 0.4) is 0 Å². The molecule has 132 valence electrons. The summed E-state index contributed by atoms with van der Waals surface area (Å²) >= 11 is 0. The number of methoxy groups -OCH3 is 1. The van der Waals surface area contributed by atoms with Crippen molar-refractivity contribution in [1.82, 2.24) is 14.5 Å². The van der Waals surface area contributed by atoms with Crippen LogP contribution < -0.4 is 10.3 Å². The summed E-state index contributed by atoms with van der Waals surface area (Å²) in [7, 11) is 1.60. The van der Waals surface area contributed by atoms with E-state index in [1.807, 2.05) is 12.1 Å². The molecule has 0 aliphatic rings. The van der Waals surface area contributed by atoms with Crippen molar-refractivity contribution in [3.8, 4) is 5.88 Å². The molecule has 0 spiro atoms. The number of aromatic amines is 1. The number of rotatable bonds is 6. The molecule has 0 atom stereocenters. The number of hydrogen-bond acceptors (Lipinski definition) is 3. The third-order valence-corrected chi connectivity index (χ3v) is 4.40. The Morgan fingerprint density at radius 2 is 2.04 bits per heavy atom. The van der Waals surface area contributed by atoms with E-state index >= 15 is 0 Å². The normalized spacial score (nSPS) is 11.4. The standard InChI is InChI=1S/C20H25N3O2/c1-5-23-12-14(15-8-6-7-9-18(15)23)11-17-20(25-4)22-16(10-13(2)3)19(24)21-17/h6-9,12-13H,5,10-11H2,1-4H3,(H,21,24). The minimum absolute atomic E-state index is 0.122. The summed E-state index contributed by atoms with van der Waals surface area (Å²) in [5, 5.41) is 1.19. The van der Waals surface area contributed by atoms with Gasteiger partial charge in [0.15, 0.2) is 0 Å². The summed E-state index contributed by atoms with van der Waals surface area (Å²) in [5.74, 6) is 0.871. The molecule has 0 saturated carbocycles. The molecular weight excluding hydrogens is 314 g/mol. The van der Waals surface area contributed by atoms with E-state index in [2.05, 4.69) is 53.6 Å². The molecule has 2 aromatic heterocycles. The van der Waals surface area contributed by atoms with Crippen LogP contribution in [0.4, 0.5) is 0 Å². The van der Waals surface area contributed by atoms with Gasteiger partial charge < -0.3 is 14.3 Å². The summed E-state index contributed by atoms with van der Waals surface area (Å²) < 4.78 is 7.67. The molecule has 0 aliphatic heterocycles. The van der Waals surface area contributed by atoms with Crippen LogP contribution in [0.25, 0.3) is 10.9 Å². The summed E-state index contributed by atoms with van der Waals surface area (Å²) in [6.45, 7) is 7.17. The number of nitrogens with zero attached hydrogens (tertiary/aromatic N) is 2. The fourth-order valence-corrected chi connectivity index (χ4v) is 3.23. The molecule has 0 saturated heterocycles. The lowest BCUT2D eigenvalue weighted by Crippen LogP contribution is -2.20. The van der Waals surface area contributed by atoms with Crippen molar-refractivity contribution in [2.24, 2.45) is 5.92 Å². The number of nitrogens with one attached hydrogen (secondary N) is 1. The number of para-hydroxylation sites is 1. The molecule has 1 N–H and O–H groups in total. The molecule has 25 heavy (non-hydrogen) atoms. The zero-order valence-electron chi connectivity index (χ0n) is 15.3. The van der Waals surface area contributed by atoms with Gasteiger partial charge in [0.05, 0.1) is 12.8 Å². The molecule has 5 heteroatoms. The average molecular weight is 339 g/mol. The van der Waals surface area contributed by atoms with Crippen molar-refractivity contribution >= 4 is 10.9 Å². The van der Waals surface area contributed by atoms with Crippen LogP contribution in [0.15, 0.2) is 35.3 Å². The van der Waals surface area contributed by atoms with Gasteiger partial charge in [0.25, 0.3) is 5.56 Å². The molecule has 3 rings (SSSR count). The molecule has 0 fully saturated rings. The minimum atomic E-state index is -0.122. The van der Waals surface area contributed by atoms with Crippen LogP contribution in [-0.4, -0.2) is 21.6 Å². The van der Waals surface area contributed by atoms with Crippen molar-refractivity contribution in [3.05, 3.63) is 57.8 Å².